The van der Waals surface area contributed by atoms with E-state index >= 15 is 0 Å². The molecular weight excluding hydrogens is 323 g/mol. The average molecular weight is 332 g/mol. The highest BCUT2D eigenvalue weighted by Gasteiger charge is 2.09. The van der Waals surface area contributed by atoms with Crippen LogP contribution in [0.25, 0.3) is 11.4 Å². The van der Waals surface area contributed by atoms with Crippen molar-refractivity contribution in [2.24, 2.45) is 0 Å². The molecule has 0 N–H and O–H groups in total. The first-order chi connectivity index (χ1) is 7.99. The largest absolute Gasteiger partial charge is 0.233 e. The molecule has 5 heteroatoms. The minimum absolute atomic E-state index is 0.502. The van der Waals surface area contributed by atoms with Gasteiger partial charge in [-0.3, -0.25) is 0 Å². The molecule has 0 spiro atoms. The van der Waals surface area contributed by atoms with E-state index in [4.69, 9.17) is 23.2 Å². The van der Waals surface area contributed by atoms with Gasteiger partial charge in [0, 0.05) is 16.8 Å². The summed E-state index contributed by atoms with van der Waals surface area (Å²) in [6, 6.07) is 5.36. The van der Waals surface area contributed by atoms with Crippen LogP contribution in [0.1, 0.15) is 11.3 Å². The fraction of sp³-hybridized carbons (Fsp3) is 0.167. The summed E-state index contributed by atoms with van der Waals surface area (Å²) < 4.78 is 0.797. The molecule has 2 rings (SSSR count). The number of halogens is 3. The highest BCUT2D eigenvalue weighted by atomic mass is 79.9. The molecule has 0 bridgehead atoms. The summed E-state index contributed by atoms with van der Waals surface area (Å²) in [5.74, 6) is 0.638. The molecule has 0 aliphatic heterocycles. The van der Waals surface area contributed by atoms with Gasteiger partial charge in [0.2, 0.25) is 0 Å². The van der Waals surface area contributed by atoms with Crippen molar-refractivity contribution in [2.75, 3.05) is 0 Å². The second-order valence-electron chi connectivity index (χ2n) is 3.68. The second kappa shape index (κ2) is 4.92. The molecule has 1 heterocycles. The molecule has 0 saturated carbocycles. The van der Waals surface area contributed by atoms with Gasteiger partial charge in [0.25, 0.3) is 0 Å². The van der Waals surface area contributed by atoms with Gasteiger partial charge in [0.15, 0.2) is 5.82 Å². The molecule has 0 aliphatic rings. The summed E-state index contributed by atoms with van der Waals surface area (Å²) >= 11 is 15.3. The summed E-state index contributed by atoms with van der Waals surface area (Å²) in [6.45, 7) is 3.92. The zero-order valence-corrected chi connectivity index (χ0v) is 12.4. The number of aromatic nitrogens is 2. The zero-order valence-electron chi connectivity index (χ0n) is 9.26. The molecule has 0 saturated heterocycles. The van der Waals surface area contributed by atoms with Crippen molar-refractivity contribution in [3.05, 3.63) is 44.1 Å². The van der Waals surface area contributed by atoms with Crippen molar-refractivity contribution in [1.82, 2.24) is 9.97 Å². The van der Waals surface area contributed by atoms with Crippen LogP contribution in [0.5, 0.6) is 0 Å². The lowest BCUT2D eigenvalue weighted by Crippen LogP contribution is -1.96. The Bertz CT molecular complexity index is 562. The van der Waals surface area contributed by atoms with E-state index in [1.807, 2.05) is 19.9 Å². The van der Waals surface area contributed by atoms with Gasteiger partial charge in [-0.25, -0.2) is 9.97 Å². The van der Waals surface area contributed by atoms with Crippen LogP contribution in [0, 0.1) is 13.8 Å². The minimum Gasteiger partial charge on any atom is -0.233 e. The number of rotatable bonds is 1. The van der Waals surface area contributed by atoms with Crippen LogP contribution in [-0.4, -0.2) is 9.97 Å². The average Bonchev–Trinajstić information content (AvgIpc) is 2.29. The Kier molecular flexibility index (Phi) is 3.71. The fourth-order valence-corrected chi connectivity index (χ4v) is 2.11. The van der Waals surface area contributed by atoms with Crippen molar-refractivity contribution in [3.8, 4) is 11.4 Å². The maximum absolute atomic E-state index is 5.98. The van der Waals surface area contributed by atoms with Gasteiger partial charge in [-0.2, -0.15) is 0 Å². The summed E-state index contributed by atoms with van der Waals surface area (Å²) in [6.07, 6.45) is 0. The van der Waals surface area contributed by atoms with Crippen molar-refractivity contribution < 1.29 is 0 Å². The highest BCUT2D eigenvalue weighted by Crippen LogP contribution is 2.28. The predicted molar refractivity (Wildman–Crippen MR) is 74.7 cm³/mol. The lowest BCUT2D eigenvalue weighted by Gasteiger charge is -2.06. The van der Waals surface area contributed by atoms with Crippen LogP contribution in [0.4, 0.5) is 0 Å². The van der Waals surface area contributed by atoms with Crippen LogP contribution in [-0.2, 0) is 0 Å². The van der Waals surface area contributed by atoms with E-state index in [2.05, 4.69) is 25.9 Å². The lowest BCUT2D eigenvalue weighted by molar-refractivity contribution is 1.05. The Hall–Kier alpha value is -0.640. The Morgan fingerprint density at radius 2 is 1.76 bits per heavy atom. The molecule has 0 fully saturated rings. The van der Waals surface area contributed by atoms with E-state index in [0.29, 0.717) is 15.9 Å². The predicted octanol–water partition coefficient (Wildman–Crippen LogP) is 4.83. The normalized spacial score (nSPS) is 10.6. The monoisotopic (exact) mass is 330 g/mol. The standard InChI is InChI=1S/C12H9BrCl2N2/c1-6-7(2)16-12(17-11(6)13)8-3-4-9(14)10(15)5-8/h3-5H,1-2H3. The van der Waals surface area contributed by atoms with Crippen molar-refractivity contribution >= 4 is 39.1 Å². The van der Waals surface area contributed by atoms with Gasteiger partial charge < -0.3 is 0 Å². The first-order valence-electron chi connectivity index (χ1n) is 4.95. The van der Waals surface area contributed by atoms with Crippen molar-refractivity contribution in [3.63, 3.8) is 0 Å². The van der Waals surface area contributed by atoms with E-state index in [9.17, 15) is 0 Å². The van der Waals surface area contributed by atoms with Crippen LogP contribution in [0.15, 0.2) is 22.8 Å². The maximum Gasteiger partial charge on any atom is 0.160 e. The van der Waals surface area contributed by atoms with Crippen LogP contribution in [0.2, 0.25) is 10.0 Å². The SMILES string of the molecule is Cc1nc(-c2ccc(Cl)c(Cl)c2)nc(Br)c1C. The van der Waals surface area contributed by atoms with Gasteiger partial charge in [0.05, 0.1) is 10.0 Å². The van der Waals surface area contributed by atoms with Crippen LogP contribution >= 0.6 is 39.1 Å². The first-order valence-corrected chi connectivity index (χ1v) is 6.50. The molecule has 1 aromatic carbocycles. The lowest BCUT2D eigenvalue weighted by atomic mass is 10.2. The van der Waals surface area contributed by atoms with E-state index in [1.54, 1.807) is 12.1 Å². The molecule has 0 radical (unpaired) electrons. The zero-order chi connectivity index (χ0) is 12.6. The molecule has 2 aromatic rings. The molecule has 0 atom stereocenters. The second-order valence-corrected chi connectivity index (χ2v) is 5.24. The van der Waals surface area contributed by atoms with E-state index in [1.165, 1.54) is 0 Å². The summed E-state index contributed by atoms with van der Waals surface area (Å²) in [5.41, 5.74) is 2.82. The van der Waals surface area contributed by atoms with Gasteiger partial charge in [-0.05, 0) is 48.0 Å². The minimum atomic E-state index is 0.502. The van der Waals surface area contributed by atoms with Crippen molar-refractivity contribution in [2.45, 2.75) is 13.8 Å². The number of nitrogens with zero attached hydrogens (tertiary/aromatic N) is 2. The number of hydrogen-bond acceptors (Lipinski definition) is 2. The maximum atomic E-state index is 5.98. The molecular formula is C12H9BrCl2N2. The van der Waals surface area contributed by atoms with E-state index in [-0.39, 0.29) is 0 Å². The molecule has 88 valence electrons. The van der Waals surface area contributed by atoms with Gasteiger partial charge in [-0.1, -0.05) is 23.2 Å². The molecule has 0 amide bonds. The van der Waals surface area contributed by atoms with E-state index < -0.39 is 0 Å². The third-order valence-electron chi connectivity index (χ3n) is 2.51. The number of hydrogen-bond donors (Lipinski definition) is 0. The third-order valence-corrected chi connectivity index (χ3v) is 4.02. The fourth-order valence-electron chi connectivity index (χ4n) is 1.36. The van der Waals surface area contributed by atoms with Gasteiger partial charge >= 0.3 is 0 Å². The van der Waals surface area contributed by atoms with Gasteiger partial charge in [0.1, 0.15) is 4.60 Å². The molecule has 1 aromatic heterocycles. The summed E-state index contributed by atoms with van der Waals surface area (Å²) in [7, 11) is 0. The van der Waals surface area contributed by atoms with E-state index in [0.717, 1.165) is 21.4 Å². The molecule has 0 aliphatic carbocycles. The third kappa shape index (κ3) is 2.62. The smallest absolute Gasteiger partial charge is 0.160 e. The summed E-state index contributed by atoms with van der Waals surface area (Å²) in [4.78, 5) is 8.81. The first kappa shape index (κ1) is 12.8. The molecule has 17 heavy (non-hydrogen) atoms. The Balaban J connectivity index is 2.57. The quantitative estimate of drug-likeness (QED) is 0.699. The summed E-state index contributed by atoms with van der Waals surface area (Å²) in [5, 5.41) is 1.03. The van der Waals surface area contributed by atoms with Crippen LogP contribution < -0.4 is 0 Å². The topological polar surface area (TPSA) is 25.8 Å². The number of benzene rings is 1. The highest BCUT2D eigenvalue weighted by molar-refractivity contribution is 9.10. The Labute approximate surface area is 118 Å². The Morgan fingerprint density at radius 3 is 2.35 bits per heavy atom. The van der Waals surface area contributed by atoms with Crippen LogP contribution in [0.3, 0.4) is 0 Å². The molecule has 2 nitrogen and oxygen atoms in total. The van der Waals surface area contributed by atoms with Gasteiger partial charge in [-0.15, -0.1) is 0 Å². The molecule has 0 unspecified atom stereocenters. The number of aryl methyl sites for hydroxylation is 1. The Morgan fingerprint density at radius 1 is 1.06 bits per heavy atom. The van der Waals surface area contributed by atoms with Crippen molar-refractivity contribution in [1.29, 1.82) is 0 Å².